The molecule has 0 radical (unpaired) electrons. The summed E-state index contributed by atoms with van der Waals surface area (Å²) in [7, 11) is 0. The summed E-state index contributed by atoms with van der Waals surface area (Å²) in [5.41, 5.74) is 4.89. The number of aromatic hydroxyl groups is 1. The van der Waals surface area contributed by atoms with E-state index in [4.69, 9.17) is 0 Å². The highest BCUT2D eigenvalue weighted by molar-refractivity contribution is 6.03. The highest BCUT2D eigenvalue weighted by Gasteiger charge is 2.19. The first kappa shape index (κ1) is 16.3. The number of benzene rings is 2. The summed E-state index contributed by atoms with van der Waals surface area (Å²) in [5.74, 6) is -1.89. The molecule has 1 aromatic heterocycles. The van der Waals surface area contributed by atoms with E-state index in [0.717, 1.165) is 5.56 Å². The number of carbonyl (C=O) groups is 2. The maximum absolute atomic E-state index is 12.2. The lowest BCUT2D eigenvalue weighted by atomic mass is 10.1. The second-order valence-electron chi connectivity index (χ2n) is 5.50. The molecule has 2 aromatic carbocycles. The van der Waals surface area contributed by atoms with Crippen molar-refractivity contribution in [1.82, 2.24) is 15.8 Å². The largest absolute Gasteiger partial charge is 0.506 e. The number of amides is 2. The van der Waals surface area contributed by atoms with E-state index in [0.29, 0.717) is 16.5 Å². The van der Waals surface area contributed by atoms with Gasteiger partial charge in [0, 0.05) is 10.9 Å². The van der Waals surface area contributed by atoms with E-state index in [1.54, 1.807) is 48.5 Å². The van der Waals surface area contributed by atoms with Crippen LogP contribution in [-0.2, 0) is 0 Å². The molecule has 0 atom stereocenters. The molecule has 3 aromatic rings. The maximum atomic E-state index is 12.2. The maximum Gasteiger partial charge on any atom is 0.279 e. The SMILES string of the molecule is Cc1ccc(C(=O)NNC(=O)c2c(O)c3ccccc3[nH]c2=O)cc1. The van der Waals surface area contributed by atoms with E-state index < -0.39 is 28.7 Å². The normalized spacial score (nSPS) is 10.4. The third-order valence-electron chi connectivity index (χ3n) is 3.72. The Bertz CT molecular complexity index is 1020. The van der Waals surface area contributed by atoms with Crippen molar-refractivity contribution in [2.75, 3.05) is 0 Å². The lowest BCUT2D eigenvalue weighted by molar-refractivity contribution is 0.0844. The lowest BCUT2D eigenvalue weighted by Gasteiger charge is -2.09. The Morgan fingerprint density at radius 3 is 2.32 bits per heavy atom. The highest BCUT2D eigenvalue weighted by Crippen LogP contribution is 2.24. The monoisotopic (exact) mass is 337 g/mol. The van der Waals surface area contributed by atoms with Crippen molar-refractivity contribution < 1.29 is 14.7 Å². The molecular formula is C18H15N3O4. The molecule has 4 N–H and O–H groups in total. The van der Waals surface area contributed by atoms with Gasteiger partial charge in [-0.3, -0.25) is 25.2 Å². The van der Waals surface area contributed by atoms with Crippen LogP contribution in [0.2, 0.25) is 0 Å². The van der Waals surface area contributed by atoms with Crippen LogP contribution < -0.4 is 16.4 Å². The van der Waals surface area contributed by atoms with Crippen LogP contribution in [0.25, 0.3) is 10.9 Å². The molecule has 0 aliphatic carbocycles. The second kappa shape index (κ2) is 6.48. The van der Waals surface area contributed by atoms with Crippen molar-refractivity contribution in [2.24, 2.45) is 0 Å². The number of hydrogen-bond acceptors (Lipinski definition) is 4. The van der Waals surface area contributed by atoms with Crippen LogP contribution in [0.5, 0.6) is 5.75 Å². The van der Waals surface area contributed by atoms with Gasteiger partial charge in [-0.2, -0.15) is 0 Å². The fraction of sp³-hybridized carbons (Fsp3) is 0.0556. The van der Waals surface area contributed by atoms with Crippen molar-refractivity contribution in [3.05, 3.63) is 75.6 Å². The molecule has 0 fully saturated rings. The Kier molecular flexibility index (Phi) is 4.21. The molecule has 0 aliphatic heterocycles. The number of aryl methyl sites for hydroxylation is 1. The summed E-state index contributed by atoms with van der Waals surface area (Å²) in [5, 5.41) is 10.6. The number of H-pyrrole nitrogens is 1. The van der Waals surface area contributed by atoms with Gasteiger partial charge >= 0.3 is 0 Å². The number of rotatable bonds is 2. The van der Waals surface area contributed by atoms with Gasteiger partial charge in [-0.05, 0) is 31.2 Å². The van der Waals surface area contributed by atoms with Gasteiger partial charge < -0.3 is 10.1 Å². The Hall–Kier alpha value is -3.61. The van der Waals surface area contributed by atoms with Crippen LogP contribution in [0.3, 0.4) is 0 Å². The minimum atomic E-state index is -0.912. The minimum absolute atomic E-state index is 0.331. The minimum Gasteiger partial charge on any atom is -0.506 e. The summed E-state index contributed by atoms with van der Waals surface area (Å²) < 4.78 is 0. The number of para-hydroxylation sites is 1. The first-order valence-corrected chi connectivity index (χ1v) is 7.48. The van der Waals surface area contributed by atoms with E-state index in [1.165, 1.54) is 0 Å². The van der Waals surface area contributed by atoms with Gasteiger partial charge in [0.2, 0.25) is 0 Å². The zero-order valence-electron chi connectivity index (χ0n) is 13.3. The van der Waals surface area contributed by atoms with Crippen molar-refractivity contribution in [1.29, 1.82) is 0 Å². The van der Waals surface area contributed by atoms with Gasteiger partial charge in [0.15, 0.2) is 0 Å². The van der Waals surface area contributed by atoms with E-state index in [2.05, 4.69) is 15.8 Å². The molecule has 2 amide bonds. The summed E-state index contributed by atoms with van der Waals surface area (Å²) >= 11 is 0. The molecule has 0 saturated carbocycles. The molecule has 0 bridgehead atoms. The second-order valence-corrected chi connectivity index (χ2v) is 5.50. The lowest BCUT2D eigenvalue weighted by Crippen LogP contribution is -2.43. The van der Waals surface area contributed by atoms with E-state index in [9.17, 15) is 19.5 Å². The topological polar surface area (TPSA) is 111 Å². The Balaban J connectivity index is 1.82. The van der Waals surface area contributed by atoms with Crippen LogP contribution in [0.1, 0.15) is 26.3 Å². The first-order chi connectivity index (χ1) is 12.0. The summed E-state index contributed by atoms with van der Waals surface area (Å²) in [6, 6.07) is 13.3. The van der Waals surface area contributed by atoms with E-state index >= 15 is 0 Å². The number of aromatic amines is 1. The summed E-state index contributed by atoms with van der Waals surface area (Å²) in [6.45, 7) is 1.89. The zero-order valence-corrected chi connectivity index (χ0v) is 13.3. The standard InChI is InChI=1S/C18H15N3O4/c1-10-6-8-11(9-7-10)16(23)20-21-18(25)14-15(22)12-4-2-3-5-13(12)19-17(14)24/h2-9H,1H3,(H,20,23)(H,21,25)(H2,19,22,24). The van der Waals surface area contributed by atoms with Gasteiger partial charge in [-0.1, -0.05) is 29.8 Å². The average molecular weight is 337 g/mol. The van der Waals surface area contributed by atoms with Crippen molar-refractivity contribution in [2.45, 2.75) is 6.92 Å². The molecule has 1 heterocycles. The molecule has 25 heavy (non-hydrogen) atoms. The van der Waals surface area contributed by atoms with Gasteiger partial charge in [0.05, 0.1) is 5.52 Å². The van der Waals surface area contributed by atoms with Crippen LogP contribution in [0.15, 0.2) is 53.3 Å². The fourth-order valence-electron chi connectivity index (χ4n) is 2.39. The molecule has 0 spiro atoms. The molecular weight excluding hydrogens is 322 g/mol. The summed E-state index contributed by atoms with van der Waals surface area (Å²) in [6.07, 6.45) is 0. The van der Waals surface area contributed by atoms with Crippen LogP contribution in [-0.4, -0.2) is 21.9 Å². The molecule has 7 nitrogen and oxygen atoms in total. The average Bonchev–Trinajstić information content (AvgIpc) is 2.60. The molecule has 3 rings (SSSR count). The predicted molar refractivity (Wildman–Crippen MR) is 92.3 cm³/mol. The zero-order chi connectivity index (χ0) is 18.0. The highest BCUT2D eigenvalue weighted by atomic mass is 16.3. The Morgan fingerprint density at radius 1 is 0.960 bits per heavy atom. The predicted octanol–water partition coefficient (Wildman–Crippen LogP) is 1.62. The smallest absolute Gasteiger partial charge is 0.279 e. The van der Waals surface area contributed by atoms with Crippen molar-refractivity contribution in [3.63, 3.8) is 0 Å². The molecule has 0 saturated heterocycles. The van der Waals surface area contributed by atoms with Gasteiger partial charge in [0.25, 0.3) is 17.4 Å². The van der Waals surface area contributed by atoms with Crippen LogP contribution >= 0.6 is 0 Å². The summed E-state index contributed by atoms with van der Waals surface area (Å²) in [4.78, 5) is 38.8. The van der Waals surface area contributed by atoms with Gasteiger partial charge in [-0.25, -0.2) is 0 Å². The van der Waals surface area contributed by atoms with Crippen LogP contribution in [0.4, 0.5) is 0 Å². The number of fused-ring (bicyclic) bond motifs is 1. The van der Waals surface area contributed by atoms with Crippen molar-refractivity contribution >= 4 is 22.7 Å². The van der Waals surface area contributed by atoms with E-state index in [-0.39, 0.29) is 0 Å². The Morgan fingerprint density at radius 2 is 1.60 bits per heavy atom. The number of hydrazine groups is 1. The number of pyridine rings is 1. The quantitative estimate of drug-likeness (QED) is 0.532. The fourth-order valence-corrected chi connectivity index (χ4v) is 2.39. The third kappa shape index (κ3) is 3.20. The van der Waals surface area contributed by atoms with Crippen molar-refractivity contribution in [3.8, 4) is 5.75 Å². The molecule has 7 heteroatoms. The molecule has 0 unspecified atom stereocenters. The third-order valence-corrected chi connectivity index (χ3v) is 3.72. The molecule has 0 aliphatic rings. The van der Waals surface area contributed by atoms with Crippen LogP contribution in [0, 0.1) is 6.92 Å². The number of aromatic nitrogens is 1. The van der Waals surface area contributed by atoms with E-state index in [1.807, 2.05) is 6.92 Å². The number of nitrogens with one attached hydrogen (secondary N) is 3. The van der Waals surface area contributed by atoms with Gasteiger partial charge in [0.1, 0.15) is 11.3 Å². The number of carbonyl (C=O) groups excluding carboxylic acids is 2. The molecule has 126 valence electrons. The Labute approximate surface area is 142 Å². The number of hydrogen-bond donors (Lipinski definition) is 4. The first-order valence-electron chi connectivity index (χ1n) is 7.48. The van der Waals surface area contributed by atoms with Gasteiger partial charge in [-0.15, -0.1) is 0 Å².